The van der Waals surface area contributed by atoms with E-state index in [1.165, 1.54) is 11.3 Å². The van der Waals surface area contributed by atoms with E-state index in [1.54, 1.807) is 0 Å². The molecule has 3 rings (SSSR count). The fourth-order valence-corrected chi connectivity index (χ4v) is 3.17. The van der Waals surface area contributed by atoms with E-state index in [9.17, 15) is 9.90 Å². The van der Waals surface area contributed by atoms with Crippen LogP contribution in [0.1, 0.15) is 16.4 Å². The third kappa shape index (κ3) is 3.99. The molecular formula is C19H16O3S. The van der Waals surface area contributed by atoms with E-state index in [2.05, 4.69) is 0 Å². The minimum atomic E-state index is -0.794. The van der Waals surface area contributed by atoms with Gasteiger partial charge in [-0.15, -0.1) is 11.3 Å². The molecule has 0 fully saturated rings. The Morgan fingerprint density at radius 1 is 0.957 bits per heavy atom. The van der Waals surface area contributed by atoms with Gasteiger partial charge in [-0.05, 0) is 47.7 Å². The lowest BCUT2D eigenvalue weighted by Crippen LogP contribution is -2.13. The molecule has 116 valence electrons. The number of carboxylic acid groups (broad SMARTS) is 1. The molecule has 1 N–H and O–H groups in total. The molecule has 0 aliphatic heterocycles. The lowest BCUT2D eigenvalue weighted by Gasteiger charge is -2.11. The number of thiophene rings is 1. The maximum Gasteiger partial charge on any atom is 0.312 e. The average molecular weight is 324 g/mol. The lowest BCUT2D eigenvalue weighted by molar-refractivity contribution is -0.138. The first kappa shape index (κ1) is 15.3. The zero-order chi connectivity index (χ0) is 16.1. The second-order valence-corrected chi connectivity index (χ2v) is 6.15. The zero-order valence-electron chi connectivity index (χ0n) is 12.4. The van der Waals surface area contributed by atoms with Gasteiger partial charge in [-0.1, -0.05) is 36.4 Å². The highest BCUT2D eigenvalue weighted by molar-refractivity contribution is 7.10. The monoisotopic (exact) mass is 324 g/mol. The van der Waals surface area contributed by atoms with Gasteiger partial charge in [-0.3, -0.25) is 4.79 Å². The smallest absolute Gasteiger partial charge is 0.312 e. The van der Waals surface area contributed by atoms with Crippen LogP contribution in [0.5, 0.6) is 11.5 Å². The summed E-state index contributed by atoms with van der Waals surface area (Å²) in [5.41, 5.74) is 0.978. The molecule has 23 heavy (non-hydrogen) atoms. The molecule has 3 aromatic rings. The van der Waals surface area contributed by atoms with Crippen molar-refractivity contribution in [3.63, 3.8) is 0 Å². The molecule has 4 heteroatoms. The fraction of sp³-hybridized carbons (Fsp3) is 0.105. The molecule has 0 aliphatic carbocycles. The van der Waals surface area contributed by atoms with Crippen molar-refractivity contribution < 1.29 is 14.6 Å². The maximum atomic E-state index is 11.5. The molecular weight excluding hydrogens is 308 g/mol. The summed E-state index contributed by atoms with van der Waals surface area (Å²) in [5, 5.41) is 11.3. The first-order valence-corrected chi connectivity index (χ1v) is 8.18. The predicted molar refractivity (Wildman–Crippen MR) is 91.4 cm³/mol. The van der Waals surface area contributed by atoms with Crippen molar-refractivity contribution in [3.8, 4) is 11.5 Å². The van der Waals surface area contributed by atoms with E-state index in [0.29, 0.717) is 6.42 Å². The largest absolute Gasteiger partial charge is 0.481 e. The zero-order valence-corrected chi connectivity index (χ0v) is 13.2. The SMILES string of the molecule is O=C(O)C(Cc1ccc(Oc2ccccc2)cc1)c1cccs1. The van der Waals surface area contributed by atoms with E-state index >= 15 is 0 Å². The molecule has 0 aliphatic rings. The second kappa shape index (κ2) is 7.11. The van der Waals surface area contributed by atoms with Crippen LogP contribution >= 0.6 is 11.3 Å². The lowest BCUT2D eigenvalue weighted by atomic mass is 9.98. The van der Waals surface area contributed by atoms with E-state index in [1.807, 2.05) is 72.1 Å². The van der Waals surface area contributed by atoms with E-state index in [0.717, 1.165) is 21.9 Å². The molecule has 0 radical (unpaired) electrons. The minimum absolute atomic E-state index is 0.474. The van der Waals surface area contributed by atoms with Gasteiger partial charge < -0.3 is 9.84 Å². The predicted octanol–water partition coefficient (Wildman–Crippen LogP) is 4.95. The van der Waals surface area contributed by atoms with Gasteiger partial charge in [0.25, 0.3) is 0 Å². The van der Waals surface area contributed by atoms with Crippen molar-refractivity contribution in [2.75, 3.05) is 0 Å². The molecule has 3 nitrogen and oxygen atoms in total. The molecule has 1 unspecified atom stereocenters. The Kier molecular flexibility index (Phi) is 4.74. The summed E-state index contributed by atoms with van der Waals surface area (Å²) in [7, 11) is 0. The van der Waals surface area contributed by atoms with Crippen molar-refractivity contribution in [2.45, 2.75) is 12.3 Å². The number of rotatable bonds is 6. The molecule has 1 heterocycles. The normalized spacial score (nSPS) is 11.8. The van der Waals surface area contributed by atoms with Crippen LogP contribution in [0.15, 0.2) is 72.1 Å². The van der Waals surface area contributed by atoms with Gasteiger partial charge in [0.1, 0.15) is 11.5 Å². The first-order valence-electron chi connectivity index (χ1n) is 7.30. The summed E-state index contributed by atoms with van der Waals surface area (Å²) in [4.78, 5) is 12.4. The Balaban J connectivity index is 1.70. The summed E-state index contributed by atoms with van der Waals surface area (Å²) in [6, 6.07) is 20.9. The average Bonchev–Trinajstić information content (AvgIpc) is 3.09. The Bertz CT molecular complexity index is 749. The molecule has 2 aromatic carbocycles. The van der Waals surface area contributed by atoms with Gasteiger partial charge in [-0.25, -0.2) is 0 Å². The van der Waals surface area contributed by atoms with Gasteiger partial charge in [0, 0.05) is 4.88 Å². The van der Waals surface area contributed by atoms with Gasteiger partial charge in [-0.2, -0.15) is 0 Å². The fourth-order valence-electron chi connectivity index (χ4n) is 2.35. The van der Waals surface area contributed by atoms with E-state index < -0.39 is 11.9 Å². The Hall–Kier alpha value is -2.59. The summed E-state index contributed by atoms with van der Waals surface area (Å²) in [5.74, 6) is 0.221. The third-order valence-corrected chi connectivity index (χ3v) is 4.51. The summed E-state index contributed by atoms with van der Waals surface area (Å²) in [6.45, 7) is 0. The number of aliphatic carboxylic acids is 1. The van der Waals surface area contributed by atoms with E-state index in [4.69, 9.17) is 4.74 Å². The second-order valence-electron chi connectivity index (χ2n) is 5.17. The number of ether oxygens (including phenoxy) is 1. The highest BCUT2D eigenvalue weighted by atomic mass is 32.1. The van der Waals surface area contributed by atoms with Crippen molar-refractivity contribution in [3.05, 3.63) is 82.6 Å². The van der Waals surface area contributed by atoms with Crippen LogP contribution in [-0.4, -0.2) is 11.1 Å². The highest BCUT2D eigenvalue weighted by Gasteiger charge is 2.21. The molecule has 0 bridgehead atoms. The quantitative estimate of drug-likeness (QED) is 0.698. The van der Waals surface area contributed by atoms with Crippen LogP contribution in [0, 0.1) is 0 Å². The standard InChI is InChI=1S/C19H16O3S/c20-19(21)17(18-7-4-12-23-18)13-14-8-10-16(11-9-14)22-15-5-2-1-3-6-15/h1-12,17H,13H2,(H,20,21). The highest BCUT2D eigenvalue weighted by Crippen LogP contribution is 2.27. The number of carbonyl (C=O) groups is 1. The van der Waals surface area contributed by atoms with Crippen LogP contribution in [0.2, 0.25) is 0 Å². The van der Waals surface area contributed by atoms with Gasteiger partial charge in [0.05, 0.1) is 5.92 Å². The van der Waals surface area contributed by atoms with Crippen LogP contribution < -0.4 is 4.74 Å². The molecule has 1 aromatic heterocycles. The van der Waals surface area contributed by atoms with Crippen LogP contribution in [0.25, 0.3) is 0 Å². The molecule has 0 amide bonds. The molecule has 1 atom stereocenters. The van der Waals surface area contributed by atoms with Crippen LogP contribution in [0.3, 0.4) is 0 Å². The third-order valence-electron chi connectivity index (χ3n) is 3.53. The van der Waals surface area contributed by atoms with Crippen molar-refractivity contribution >= 4 is 17.3 Å². The van der Waals surface area contributed by atoms with Crippen molar-refractivity contribution in [1.29, 1.82) is 0 Å². The number of hydrogen-bond acceptors (Lipinski definition) is 3. The number of benzene rings is 2. The molecule has 0 saturated heterocycles. The van der Waals surface area contributed by atoms with Crippen LogP contribution in [-0.2, 0) is 11.2 Å². The van der Waals surface area contributed by atoms with Crippen molar-refractivity contribution in [1.82, 2.24) is 0 Å². The summed E-state index contributed by atoms with van der Waals surface area (Å²) in [6.07, 6.45) is 0.474. The maximum absolute atomic E-state index is 11.5. The summed E-state index contributed by atoms with van der Waals surface area (Å²) < 4.78 is 5.74. The summed E-state index contributed by atoms with van der Waals surface area (Å²) >= 11 is 1.48. The number of carboxylic acids is 1. The van der Waals surface area contributed by atoms with Gasteiger partial charge >= 0.3 is 5.97 Å². The topological polar surface area (TPSA) is 46.5 Å². The molecule has 0 saturated carbocycles. The Morgan fingerprint density at radius 3 is 2.26 bits per heavy atom. The molecule has 0 spiro atoms. The van der Waals surface area contributed by atoms with Crippen LogP contribution in [0.4, 0.5) is 0 Å². The van der Waals surface area contributed by atoms with Gasteiger partial charge in [0.15, 0.2) is 0 Å². The number of para-hydroxylation sites is 1. The van der Waals surface area contributed by atoms with Gasteiger partial charge in [0.2, 0.25) is 0 Å². The number of hydrogen-bond donors (Lipinski definition) is 1. The Labute approximate surface area is 138 Å². The van der Waals surface area contributed by atoms with E-state index in [-0.39, 0.29) is 0 Å². The minimum Gasteiger partial charge on any atom is -0.481 e. The first-order chi connectivity index (χ1) is 11.2. The van der Waals surface area contributed by atoms with Crippen molar-refractivity contribution in [2.24, 2.45) is 0 Å². The Morgan fingerprint density at radius 2 is 1.65 bits per heavy atom.